The van der Waals surface area contributed by atoms with E-state index in [9.17, 15) is 20.1 Å². The molecule has 2 aliphatic heterocycles. The Morgan fingerprint density at radius 3 is 1.45 bits per heavy atom. The highest BCUT2D eigenvalue weighted by Crippen LogP contribution is 2.47. The van der Waals surface area contributed by atoms with Crippen LogP contribution in [0.1, 0.15) is 17.5 Å². The first kappa shape index (κ1) is 18.7. The molecule has 0 saturated carbocycles. The molecule has 2 saturated heterocycles. The van der Waals surface area contributed by atoms with Crippen molar-refractivity contribution in [2.24, 2.45) is 10.8 Å². The van der Waals surface area contributed by atoms with Crippen molar-refractivity contribution in [2.75, 3.05) is 13.1 Å². The molecule has 2 aromatic carbocycles. The normalized spacial score (nSPS) is 26.0. The van der Waals surface area contributed by atoms with E-state index in [0.717, 1.165) is 11.1 Å². The van der Waals surface area contributed by atoms with Crippen LogP contribution in [-0.4, -0.2) is 34.7 Å². The maximum Gasteiger partial charge on any atom is 0.245 e. The molecule has 2 aromatic rings. The summed E-state index contributed by atoms with van der Waals surface area (Å²) in [6, 6.07) is 23.2. The smallest absolute Gasteiger partial charge is 0.245 e. The van der Waals surface area contributed by atoms with Gasteiger partial charge in [0.15, 0.2) is 10.8 Å². The minimum Gasteiger partial charge on any atom is -0.335 e. The number of hydrogen-bond acceptors (Lipinski definition) is 4. The number of nitrogens with zero attached hydrogens (tertiary/aromatic N) is 4. The van der Waals surface area contributed by atoms with Crippen LogP contribution in [0.25, 0.3) is 0 Å². The molecule has 2 bridgehead atoms. The number of carbonyl (C=O) groups is 2. The third-order valence-corrected chi connectivity index (χ3v) is 5.78. The number of fused-ring (bicyclic) bond motifs is 2. The number of hydrogen-bond donors (Lipinski definition) is 0. The lowest BCUT2D eigenvalue weighted by Gasteiger charge is -2.51. The molecule has 2 unspecified atom stereocenters. The topological polar surface area (TPSA) is 88.2 Å². The van der Waals surface area contributed by atoms with Gasteiger partial charge in [0.05, 0.1) is 12.1 Å². The molecule has 144 valence electrons. The summed E-state index contributed by atoms with van der Waals surface area (Å²) in [6.45, 7) is 0.562. The number of likely N-dealkylation sites (tertiary alicyclic amines) is 2. The summed E-state index contributed by atoms with van der Waals surface area (Å²) in [5.41, 5.74) is -0.997. The predicted molar refractivity (Wildman–Crippen MR) is 104 cm³/mol. The van der Waals surface area contributed by atoms with Crippen LogP contribution in [0.2, 0.25) is 0 Å². The van der Waals surface area contributed by atoms with Gasteiger partial charge in [0, 0.05) is 32.6 Å². The van der Waals surface area contributed by atoms with Crippen molar-refractivity contribution in [3.63, 3.8) is 0 Å². The van der Waals surface area contributed by atoms with Crippen LogP contribution in [0.4, 0.5) is 0 Å². The van der Waals surface area contributed by atoms with Crippen molar-refractivity contribution >= 4 is 11.8 Å². The van der Waals surface area contributed by atoms with Crippen LogP contribution in [-0.2, 0) is 22.7 Å². The first-order valence-corrected chi connectivity index (χ1v) is 9.51. The zero-order chi connectivity index (χ0) is 20.5. The second-order valence-corrected chi connectivity index (χ2v) is 7.86. The van der Waals surface area contributed by atoms with Crippen LogP contribution in [0.3, 0.4) is 0 Å². The van der Waals surface area contributed by atoms with Gasteiger partial charge in [-0.2, -0.15) is 10.5 Å². The fraction of sp³-hybridized carbons (Fsp3) is 0.304. The highest BCUT2D eigenvalue weighted by molar-refractivity contribution is 5.96. The number of benzene rings is 2. The van der Waals surface area contributed by atoms with Gasteiger partial charge in [-0.25, -0.2) is 0 Å². The Morgan fingerprint density at radius 1 is 0.724 bits per heavy atom. The molecule has 2 atom stereocenters. The van der Waals surface area contributed by atoms with Gasteiger partial charge in [0.1, 0.15) is 0 Å². The molecule has 6 heteroatoms. The Balaban J connectivity index is 1.69. The van der Waals surface area contributed by atoms with Crippen LogP contribution in [0.5, 0.6) is 0 Å². The summed E-state index contributed by atoms with van der Waals surface area (Å²) in [7, 11) is 0. The number of amides is 2. The minimum atomic E-state index is -1.40. The molecule has 0 aliphatic carbocycles. The summed E-state index contributed by atoms with van der Waals surface area (Å²) >= 11 is 0. The third-order valence-electron chi connectivity index (χ3n) is 5.78. The summed E-state index contributed by atoms with van der Waals surface area (Å²) < 4.78 is 0. The van der Waals surface area contributed by atoms with Gasteiger partial charge in [-0.05, 0) is 11.1 Å². The summed E-state index contributed by atoms with van der Waals surface area (Å²) in [5.74, 6) is -0.611. The zero-order valence-electron chi connectivity index (χ0n) is 15.9. The third kappa shape index (κ3) is 3.13. The van der Waals surface area contributed by atoms with Gasteiger partial charge in [-0.1, -0.05) is 60.7 Å². The van der Waals surface area contributed by atoms with E-state index in [1.807, 2.05) is 60.7 Å². The Kier molecular flexibility index (Phi) is 4.56. The van der Waals surface area contributed by atoms with E-state index in [-0.39, 0.29) is 44.4 Å². The van der Waals surface area contributed by atoms with Crippen molar-refractivity contribution in [1.82, 2.24) is 9.80 Å². The molecule has 0 spiro atoms. The molecule has 2 amide bonds. The lowest BCUT2D eigenvalue weighted by molar-refractivity contribution is -0.168. The van der Waals surface area contributed by atoms with E-state index in [1.54, 1.807) is 0 Å². The predicted octanol–water partition coefficient (Wildman–Crippen LogP) is 2.48. The summed E-state index contributed by atoms with van der Waals surface area (Å²) in [4.78, 5) is 29.6. The molecule has 2 fully saturated rings. The molecule has 0 N–H and O–H groups in total. The van der Waals surface area contributed by atoms with E-state index >= 15 is 0 Å². The van der Waals surface area contributed by atoms with Crippen molar-refractivity contribution in [2.45, 2.75) is 19.5 Å². The van der Waals surface area contributed by atoms with E-state index in [0.29, 0.717) is 0 Å². The van der Waals surface area contributed by atoms with E-state index in [2.05, 4.69) is 12.1 Å². The maximum absolute atomic E-state index is 13.3. The zero-order valence-corrected chi connectivity index (χ0v) is 15.9. The van der Waals surface area contributed by atoms with Crippen molar-refractivity contribution in [3.8, 4) is 12.1 Å². The highest BCUT2D eigenvalue weighted by Gasteiger charge is 2.63. The summed E-state index contributed by atoms with van der Waals surface area (Å²) in [6.07, 6.45) is -0.0404. The fourth-order valence-electron chi connectivity index (χ4n) is 4.42. The molecule has 2 aliphatic rings. The average Bonchev–Trinajstić information content (AvgIpc) is 2.76. The van der Waals surface area contributed by atoms with Crippen LogP contribution in [0, 0.1) is 33.5 Å². The molecule has 4 rings (SSSR count). The number of piperidine rings is 2. The minimum absolute atomic E-state index is 0.00474. The lowest BCUT2D eigenvalue weighted by atomic mass is 9.63. The van der Waals surface area contributed by atoms with E-state index in [4.69, 9.17) is 0 Å². The molecule has 0 aromatic heterocycles. The monoisotopic (exact) mass is 384 g/mol. The Labute approximate surface area is 169 Å². The molecule has 0 radical (unpaired) electrons. The number of nitriles is 2. The van der Waals surface area contributed by atoms with Gasteiger partial charge in [-0.15, -0.1) is 0 Å². The van der Waals surface area contributed by atoms with E-state index in [1.165, 1.54) is 9.80 Å². The largest absolute Gasteiger partial charge is 0.335 e. The molecule has 29 heavy (non-hydrogen) atoms. The fourth-order valence-corrected chi connectivity index (χ4v) is 4.42. The first-order chi connectivity index (χ1) is 14.0. The first-order valence-electron chi connectivity index (χ1n) is 9.51. The van der Waals surface area contributed by atoms with Crippen LogP contribution >= 0.6 is 0 Å². The second kappa shape index (κ2) is 7.07. The van der Waals surface area contributed by atoms with Gasteiger partial charge in [0.2, 0.25) is 11.8 Å². The van der Waals surface area contributed by atoms with Crippen LogP contribution in [0.15, 0.2) is 60.7 Å². The van der Waals surface area contributed by atoms with Crippen LogP contribution < -0.4 is 0 Å². The Morgan fingerprint density at radius 2 is 1.10 bits per heavy atom. The van der Waals surface area contributed by atoms with Gasteiger partial charge < -0.3 is 9.80 Å². The number of carbonyl (C=O) groups excluding carboxylic acids is 2. The van der Waals surface area contributed by atoms with Gasteiger partial charge in [0.25, 0.3) is 0 Å². The SMILES string of the molecule is N#CC12CN(Cc3ccccc3)C(=O)C(C#N)(CN(Cc3ccccc3)C1=O)C2. The lowest BCUT2D eigenvalue weighted by Crippen LogP contribution is -2.67. The van der Waals surface area contributed by atoms with Crippen molar-refractivity contribution < 1.29 is 9.59 Å². The Bertz CT molecular complexity index is 941. The van der Waals surface area contributed by atoms with E-state index < -0.39 is 10.8 Å². The molecule has 2 heterocycles. The summed E-state index contributed by atoms with van der Waals surface area (Å²) in [5, 5.41) is 20.0. The maximum atomic E-state index is 13.3. The number of rotatable bonds is 4. The van der Waals surface area contributed by atoms with Gasteiger partial charge >= 0.3 is 0 Å². The molecular formula is C23H20N4O2. The Hall–Kier alpha value is -3.64. The molecular weight excluding hydrogens is 364 g/mol. The quantitative estimate of drug-likeness (QED) is 0.810. The van der Waals surface area contributed by atoms with Gasteiger partial charge in [-0.3, -0.25) is 9.59 Å². The highest BCUT2D eigenvalue weighted by atomic mass is 16.2. The average molecular weight is 384 g/mol. The second-order valence-electron chi connectivity index (χ2n) is 7.86. The standard InChI is InChI=1S/C23H20N4O2/c24-14-22-13-23(15-25,17-27(21(22)29)12-19-9-5-2-6-10-19)20(28)26(16-22)11-18-7-3-1-4-8-18/h1-10H,11-13,16-17H2. The molecule has 6 nitrogen and oxygen atoms in total. The van der Waals surface area contributed by atoms with Crippen molar-refractivity contribution in [1.29, 1.82) is 10.5 Å². The van der Waals surface area contributed by atoms with Crippen molar-refractivity contribution in [3.05, 3.63) is 71.8 Å².